The third-order valence-corrected chi connectivity index (χ3v) is 5.26. The fourth-order valence-electron chi connectivity index (χ4n) is 2.21. The molecule has 19 heavy (non-hydrogen) atoms. The van der Waals surface area contributed by atoms with E-state index in [0.29, 0.717) is 19.4 Å². The Morgan fingerprint density at radius 3 is 2.53 bits per heavy atom. The van der Waals surface area contributed by atoms with Gasteiger partial charge in [-0.05, 0) is 31.9 Å². The Morgan fingerprint density at radius 1 is 1.32 bits per heavy atom. The molecule has 1 saturated heterocycles. The Labute approximate surface area is 112 Å². The minimum absolute atomic E-state index is 0.00145. The number of hydrogen-bond acceptors (Lipinski definition) is 4. The molecule has 0 N–H and O–H groups in total. The van der Waals surface area contributed by atoms with Crippen LogP contribution in [0.25, 0.3) is 0 Å². The molecule has 6 heteroatoms. The Morgan fingerprint density at radius 2 is 1.95 bits per heavy atom. The largest absolute Gasteiger partial charge is 0.550 e. The van der Waals surface area contributed by atoms with Crippen LogP contribution in [-0.2, 0) is 14.8 Å². The highest BCUT2D eigenvalue weighted by Crippen LogP contribution is 2.23. The van der Waals surface area contributed by atoms with Crippen LogP contribution >= 0.6 is 0 Å². The molecular weight excluding hydrogens is 266 g/mol. The summed E-state index contributed by atoms with van der Waals surface area (Å²) < 4.78 is 26.0. The van der Waals surface area contributed by atoms with Crippen molar-refractivity contribution in [1.29, 1.82) is 0 Å². The van der Waals surface area contributed by atoms with E-state index in [0.717, 1.165) is 5.56 Å². The molecule has 0 aromatic heterocycles. The molecule has 0 saturated carbocycles. The van der Waals surface area contributed by atoms with Crippen molar-refractivity contribution in [1.82, 2.24) is 4.31 Å². The molecule has 1 fully saturated rings. The SMILES string of the molecule is Cc1ccc(S(=O)(=O)N2CCC[C@H](C(=O)[O-])C2)cc1. The Balaban J connectivity index is 2.24. The zero-order valence-electron chi connectivity index (χ0n) is 10.7. The maximum Gasteiger partial charge on any atom is 0.243 e. The zero-order chi connectivity index (χ0) is 14.0. The Kier molecular flexibility index (Phi) is 3.91. The van der Waals surface area contributed by atoms with E-state index in [1.807, 2.05) is 6.92 Å². The van der Waals surface area contributed by atoms with Crippen molar-refractivity contribution >= 4 is 16.0 Å². The highest BCUT2D eigenvalue weighted by molar-refractivity contribution is 7.89. The minimum Gasteiger partial charge on any atom is -0.550 e. The van der Waals surface area contributed by atoms with Gasteiger partial charge in [-0.3, -0.25) is 0 Å². The molecular formula is C13H16NO4S-. The number of carboxylic acids is 1. The normalized spacial score (nSPS) is 21.2. The second kappa shape index (κ2) is 5.30. The van der Waals surface area contributed by atoms with Crippen LogP contribution in [0.5, 0.6) is 0 Å². The van der Waals surface area contributed by atoms with Crippen LogP contribution in [0.4, 0.5) is 0 Å². The number of piperidine rings is 1. The van der Waals surface area contributed by atoms with Gasteiger partial charge in [-0.25, -0.2) is 8.42 Å². The van der Waals surface area contributed by atoms with E-state index in [1.165, 1.54) is 4.31 Å². The lowest BCUT2D eigenvalue weighted by atomic mass is 10.0. The van der Waals surface area contributed by atoms with Gasteiger partial charge in [-0.15, -0.1) is 0 Å². The molecule has 1 heterocycles. The van der Waals surface area contributed by atoms with E-state index < -0.39 is 21.9 Å². The van der Waals surface area contributed by atoms with E-state index in [-0.39, 0.29) is 11.4 Å². The number of benzene rings is 1. The molecule has 1 atom stereocenters. The molecule has 0 bridgehead atoms. The topological polar surface area (TPSA) is 77.5 Å². The summed E-state index contributed by atoms with van der Waals surface area (Å²) in [5.74, 6) is -1.89. The van der Waals surface area contributed by atoms with Gasteiger partial charge in [0, 0.05) is 25.0 Å². The Hall–Kier alpha value is -1.40. The lowest BCUT2D eigenvalue weighted by Crippen LogP contribution is -2.46. The fraction of sp³-hybridized carbons (Fsp3) is 0.462. The second-order valence-electron chi connectivity index (χ2n) is 4.83. The molecule has 0 aliphatic carbocycles. The number of rotatable bonds is 3. The van der Waals surface area contributed by atoms with Crippen molar-refractivity contribution in [3.63, 3.8) is 0 Å². The predicted molar refractivity (Wildman–Crippen MR) is 67.7 cm³/mol. The van der Waals surface area contributed by atoms with Crippen LogP contribution in [0.3, 0.4) is 0 Å². The lowest BCUT2D eigenvalue weighted by Gasteiger charge is -2.32. The molecule has 0 spiro atoms. The molecule has 104 valence electrons. The van der Waals surface area contributed by atoms with E-state index in [9.17, 15) is 18.3 Å². The van der Waals surface area contributed by atoms with Gasteiger partial charge in [0.25, 0.3) is 0 Å². The van der Waals surface area contributed by atoms with Gasteiger partial charge in [0.2, 0.25) is 10.0 Å². The van der Waals surface area contributed by atoms with Crippen LogP contribution in [0.15, 0.2) is 29.2 Å². The molecule has 0 radical (unpaired) electrons. The monoisotopic (exact) mass is 282 g/mol. The molecule has 1 aromatic rings. The number of aliphatic carboxylic acids is 1. The maximum absolute atomic E-state index is 12.4. The number of carboxylic acid groups (broad SMARTS) is 1. The molecule has 0 amide bonds. The van der Waals surface area contributed by atoms with Crippen LogP contribution in [-0.4, -0.2) is 31.8 Å². The summed E-state index contributed by atoms with van der Waals surface area (Å²) in [6, 6.07) is 6.56. The van der Waals surface area contributed by atoms with E-state index >= 15 is 0 Å². The Bertz CT molecular complexity index is 565. The number of nitrogens with zero attached hydrogens (tertiary/aromatic N) is 1. The number of hydrogen-bond donors (Lipinski definition) is 0. The lowest BCUT2D eigenvalue weighted by molar-refractivity contribution is -0.312. The van der Waals surface area contributed by atoms with Crippen LogP contribution < -0.4 is 5.11 Å². The van der Waals surface area contributed by atoms with E-state index in [4.69, 9.17) is 0 Å². The fourth-order valence-corrected chi connectivity index (χ4v) is 3.74. The summed E-state index contributed by atoms with van der Waals surface area (Å²) >= 11 is 0. The molecule has 5 nitrogen and oxygen atoms in total. The standard InChI is InChI=1S/C13H17NO4S/c1-10-4-6-12(7-5-10)19(17,18)14-8-2-3-11(9-14)13(15)16/h4-7,11H,2-3,8-9H2,1H3,(H,15,16)/p-1/t11-/m0/s1. The van der Waals surface area contributed by atoms with Crippen LogP contribution in [0.2, 0.25) is 0 Å². The number of sulfonamides is 1. The van der Waals surface area contributed by atoms with Crippen molar-refractivity contribution < 1.29 is 18.3 Å². The molecule has 0 unspecified atom stereocenters. The highest BCUT2D eigenvalue weighted by Gasteiger charge is 2.30. The van der Waals surface area contributed by atoms with Gasteiger partial charge >= 0.3 is 0 Å². The third kappa shape index (κ3) is 2.96. The van der Waals surface area contributed by atoms with E-state index in [1.54, 1.807) is 24.3 Å². The van der Waals surface area contributed by atoms with Crippen LogP contribution in [0.1, 0.15) is 18.4 Å². The summed E-state index contributed by atoms with van der Waals surface area (Å²) in [7, 11) is -3.60. The highest BCUT2D eigenvalue weighted by atomic mass is 32.2. The average Bonchev–Trinajstić information content (AvgIpc) is 2.39. The minimum atomic E-state index is -3.60. The van der Waals surface area contributed by atoms with Gasteiger partial charge in [0.05, 0.1) is 4.90 Å². The summed E-state index contributed by atoms with van der Waals surface area (Å²) in [4.78, 5) is 11.1. The number of carbonyl (C=O) groups is 1. The quantitative estimate of drug-likeness (QED) is 0.790. The molecule has 2 rings (SSSR count). The van der Waals surface area contributed by atoms with Gasteiger partial charge in [-0.2, -0.15) is 4.31 Å². The van der Waals surface area contributed by atoms with Crippen LogP contribution in [0, 0.1) is 12.8 Å². The third-order valence-electron chi connectivity index (χ3n) is 3.38. The summed E-state index contributed by atoms with van der Waals surface area (Å²) in [6.07, 6.45) is 1.02. The second-order valence-corrected chi connectivity index (χ2v) is 6.77. The van der Waals surface area contributed by atoms with Crippen molar-refractivity contribution in [2.75, 3.05) is 13.1 Å². The van der Waals surface area contributed by atoms with Gasteiger partial charge in [0.1, 0.15) is 0 Å². The summed E-state index contributed by atoms with van der Waals surface area (Å²) in [5.41, 5.74) is 0.977. The van der Waals surface area contributed by atoms with E-state index in [2.05, 4.69) is 0 Å². The summed E-state index contributed by atoms with van der Waals surface area (Å²) in [5, 5.41) is 10.9. The zero-order valence-corrected chi connectivity index (χ0v) is 11.5. The number of aryl methyl sites for hydroxylation is 1. The average molecular weight is 282 g/mol. The first kappa shape index (κ1) is 14.0. The summed E-state index contributed by atoms with van der Waals surface area (Å²) in [6.45, 7) is 2.24. The number of carbonyl (C=O) groups excluding carboxylic acids is 1. The van der Waals surface area contributed by atoms with Crippen molar-refractivity contribution in [3.8, 4) is 0 Å². The van der Waals surface area contributed by atoms with Crippen molar-refractivity contribution in [2.45, 2.75) is 24.7 Å². The maximum atomic E-state index is 12.4. The first-order valence-corrected chi connectivity index (χ1v) is 7.63. The first-order valence-electron chi connectivity index (χ1n) is 6.19. The molecule has 1 aliphatic rings. The smallest absolute Gasteiger partial charge is 0.243 e. The predicted octanol–water partition coefficient (Wildman–Crippen LogP) is 0.146. The van der Waals surface area contributed by atoms with Gasteiger partial charge < -0.3 is 9.90 Å². The molecule has 1 aliphatic heterocycles. The molecule has 1 aromatic carbocycles. The van der Waals surface area contributed by atoms with Gasteiger partial charge in [0.15, 0.2) is 0 Å². The van der Waals surface area contributed by atoms with Crippen molar-refractivity contribution in [2.24, 2.45) is 5.92 Å². The first-order chi connectivity index (χ1) is 8.91. The van der Waals surface area contributed by atoms with Crippen molar-refractivity contribution in [3.05, 3.63) is 29.8 Å². The van der Waals surface area contributed by atoms with Gasteiger partial charge in [-0.1, -0.05) is 17.7 Å².